The molecule has 41 heavy (non-hydrogen) atoms. The molecular formula is C30H36BrN3O6S. The lowest BCUT2D eigenvalue weighted by atomic mass is 10.0. The van der Waals surface area contributed by atoms with Crippen LogP contribution < -0.4 is 19.1 Å². The zero-order valence-electron chi connectivity index (χ0n) is 23.8. The average molecular weight is 647 g/mol. The smallest absolute Gasteiger partial charge is 0.244 e. The second kappa shape index (κ2) is 14.4. The molecule has 0 heterocycles. The molecule has 0 saturated carbocycles. The monoisotopic (exact) mass is 645 g/mol. The van der Waals surface area contributed by atoms with Crippen LogP contribution in [0, 0.1) is 0 Å². The van der Waals surface area contributed by atoms with Gasteiger partial charge < -0.3 is 19.7 Å². The number of nitrogens with one attached hydrogen (secondary N) is 1. The highest BCUT2D eigenvalue weighted by atomic mass is 79.9. The van der Waals surface area contributed by atoms with Gasteiger partial charge in [0.25, 0.3) is 0 Å². The SMILES string of the molecule is COc1ccc(OC)c(N(CC(=O)N(Cc2cccc(Br)c2)[C@@H](Cc2ccccc2)C(=O)NC(C)C)S(C)(=O)=O)c1. The lowest BCUT2D eigenvalue weighted by Crippen LogP contribution is -2.54. The van der Waals surface area contributed by atoms with Crippen molar-refractivity contribution in [2.45, 2.75) is 38.9 Å². The van der Waals surface area contributed by atoms with E-state index in [1.54, 1.807) is 12.1 Å². The Morgan fingerprint density at radius 3 is 2.20 bits per heavy atom. The van der Waals surface area contributed by atoms with Crippen molar-refractivity contribution in [2.75, 3.05) is 31.3 Å². The van der Waals surface area contributed by atoms with Gasteiger partial charge in [-0.1, -0.05) is 58.4 Å². The topological polar surface area (TPSA) is 105 Å². The highest BCUT2D eigenvalue weighted by Crippen LogP contribution is 2.34. The lowest BCUT2D eigenvalue weighted by Gasteiger charge is -2.34. The second-order valence-corrected chi connectivity index (χ2v) is 12.7. The largest absolute Gasteiger partial charge is 0.497 e. The van der Waals surface area contributed by atoms with E-state index in [4.69, 9.17) is 9.47 Å². The van der Waals surface area contributed by atoms with Crippen molar-refractivity contribution in [1.29, 1.82) is 0 Å². The minimum atomic E-state index is -3.97. The minimum absolute atomic E-state index is 0.0775. The Balaban J connectivity index is 2.11. The summed E-state index contributed by atoms with van der Waals surface area (Å²) in [6.07, 6.45) is 1.26. The summed E-state index contributed by atoms with van der Waals surface area (Å²) in [6, 6.07) is 20.4. The number of halogens is 1. The second-order valence-electron chi connectivity index (χ2n) is 9.83. The number of hydrogen-bond acceptors (Lipinski definition) is 6. The third kappa shape index (κ3) is 8.96. The summed E-state index contributed by atoms with van der Waals surface area (Å²) >= 11 is 3.47. The number of ether oxygens (including phenoxy) is 2. The molecule has 0 saturated heterocycles. The van der Waals surface area contributed by atoms with E-state index in [9.17, 15) is 18.0 Å². The number of nitrogens with zero attached hydrogens (tertiary/aromatic N) is 2. The van der Waals surface area contributed by atoms with Gasteiger partial charge in [-0.05, 0) is 49.2 Å². The summed E-state index contributed by atoms with van der Waals surface area (Å²) < 4.78 is 38.7. The van der Waals surface area contributed by atoms with E-state index < -0.39 is 28.5 Å². The predicted molar refractivity (Wildman–Crippen MR) is 164 cm³/mol. The van der Waals surface area contributed by atoms with Crippen molar-refractivity contribution in [3.63, 3.8) is 0 Å². The van der Waals surface area contributed by atoms with Gasteiger partial charge in [0, 0.05) is 29.5 Å². The Labute approximate surface area is 250 Å². The molecular weight excluding hydrogens is 610 g/mol. The van der Waals surface area contributed by atoms with Gasteiger partial charge in [-0.15, -0.1) is 0 Å². The third-order valence-corrected chi connectivity index (χ3v) is 7.90. The fourth-order valence-electron chi connectivity index (χ4n) is 4.35. The molecule has 0 bridgehead atoms. The van der Waals surface area contributed by atoms with Gasteiger partial charge in [0.05, 0.1) is 26.2 Å². The Morgan fingerprint density at radius 1 is 0.927 bits per heavy atom. The standard InChI is InChI=1S/C30H36BrN3O6S/c1-21(2)32-30(36)27(17-22-10-7-6-8-11-22)33(19-23-12-9-13-24(31)16-23)29(35)20-34(41(5,37)38)26-18-25(39-3)14-15-28(26)40-4/h6-16,18,21,27H,17,19-20H2,1-5H3,(H,32,36)/t27-/m0/s1. The number of benzene rings is 3. The minimum Gasteiger partial charge on any atom is -0.497 e. The summed E-state index contributed by atoms with van der Waals surface area (Å²) in [5.74, 6) is -0.246. The molecule has 1 atom stereocenters. The molecule has 0 spiro atoms. The molecule has 220 valence electrons. The Kier molecular flexibility index (Phi) is 11.2. The molecule has 0 aliphatic rings. The predicted octanol–water partition coefficient (Wildman–Crippen LogP) is 4.40. The molecule has 0 aromatic heterocycles. The number of carbonyl (C=O) groups excluding carboxylic acids is 2. The maximum absolute atomic E-state index is 14.2. The number of anilines is 1. The van der Waals surface area contributed by atoms with Crippen molar-refractivity contribution >= 4 is 43.5 Å². The van der Waals surface area contributed by atoms with Crippen molar-refractivity contribution in [3.8, 4) is 11.5 Å². The van der Waals surface area contributed by atoms with Crippen molar-refractivity contribution in [1.82, 2.24) is 10.2 Å². The number of sulfonamides is 1. The quantitative estimate of drug-likeness (QED) is 0.296. The molecule has 0 unspecified atom stereocenters. The van der Waals surface area contributed by atoms with Crippen LogP contribution >= 0.6 is 15.9 Å². The first kappa shape index (κ1) is 32.0. The maximum atomic E-state index is 14.2. The van der Waals surface area contributed by atoms with Gasteiger partial charge in [0.2, 0.25) is 21.8 Å². The van der Waals surface area contributed by atoms with Gasteiger partial charge in [-0.2, -0.15) is 0 Å². The average Bonchev–Trinajstić information content (AvgIpc) is 2.92. The normalized spacial score (nSPS) is 12.0. The molecule has 9 nitrogen and oxygen atoms in total. The summed E-state index contributed by atoms with van der Waals surface area (Å²) in [4.78, 5) is 29.3. The molecule has 2 amide bonds. The highest BCUT2D eigenvalue weighted by molar-refractivity contribution is 9.10. The van der Waals surface area contributed by atoms with Crippen molar-refractivity contribution in [2.24, 2.45) is 0 Å². The van der Waals surface area contributed by atoms with E-state index in [2.05, 4.69) is 21.2 Å². The lowest BCUT2D eigenvalue weighted by molar-refractivity contribution is -0.140. The van der Waals surface area contributed by atoms with Crippen molar-refractivity contribution < 1.29 is 27.5 Å². The molecule has 3 rings (SSSR count). The van der Waals surface area contributed by atoms with Gasteiger partial charge in [0.1, 0.15) is 24.1 Å². The van der Waals surface area contributed by atoms with Gasteiger partial charge in [-0.3, -0.25) is 13.9 Å². The number of rotatable bonds is 13. The molecule has 3 aromatic carbocycles. The molecule has 11 heteroatoms. The van der Waals surface area contributed by atoms with Crippen LogP contribution in [0.2, 0.25) is 0 Å². The zero-order valence-corrected chi connectivity index (χ0v) is 26.2. The first-order chi connectivity index (χ1) is 19.4. The molecule has 3 aromatic rings. The maximum Gasteiger partial charge on any atom is 0.244 e. The van der Waals surface area contributed by atoms with Crippen LogP contribution in [0.1, 0.15) is 25.0 Å². The van der Waals surface area contributed by atoms with Crippen LogP contribution in [0.3, 0.4) is 0 Å². The Hall–Kier alpha value is -3.57. The van der Waals surface area contributed by atoms with Crippen molar-refractivity contribution in [3.05, 3.63) is 88.4 Å². The van der Waals surface area contributed by atoms with Gasteiger partial charge in [0.15, 0.2) is 0 Å². The fourth-order valence-corrected chi connectivity index (χ4v) is 5.64. The van der Waals surface area contributed by atoms with E-state index in [0.717, 1.165) is 26.2 Å². The number of hydrogen-bond donors (Lipinski definition) is 1. The zero-order chi connectivity index (χ0) is 30.2. The fraction of sp³-hybridized carbons (Fsp3) is 0.333. The first-order valence-corrected chi connectivity index (χ1v) is 15.6. The van der Waals surface area contributed by atoms with E-state index in [-0.39, 0.29) is 36.4 Å². The summed E-state index contributed by atoms with van der Waals surface area (Å²) in [6.45, 7) is 3.21. The highest BCUT2D eigenvalue weighted by Gasteiger charge is 2.34. The molecule has 0 aliphatic carbocycles. The van der Waals surface area contributed by atoms with Gasteiger partial charge >= 0.3 is 0 Å². The first-order valence-electron chi connectivity index (χ1n) is 13.0. The number of carbonyl (C=O) groups is 2. The van der Waals surface area contributed by atoms with Crippen LogP contribution in [-0.2, 0) is 32.6 Å². The van der Waals surface area contributed by atoms with E-state index >= 15 is 0 Å². The summed E-state index contributed by atoms with van der Waals surface area (Å²) in [5, 5.41) is 2.93. The van der Waals surface area contributed by atoms with Crippen LogP contribution in [-0.4, -0.2) is 64.2 Å². The summed E-state index contributed by atoms with van der Waals surface area (Å²) in [7, 11) is -1.09. The third-order valence-electron chi connectivity index (χ3n) is 6.28. The number of methoxy groups -OCH3 is 2. The van der Waals surface area contributed by atoms with Crippen LogP contribution in [0.15, 0.2) is 77.3 Å². The van der Waals surface area contributed by atoms with Gasteiger partial charge in [-0.25, -0.2) is 8.42 Å². The van der Waals surface area contributed by atoms with Crippen LogP contribution in [0.5, 0.6) is 11.5 Å². The molecule has 1 N–H and O–H groups in total. The number of amides is 2. The van der Waals surface area contributed by atoms with E-state index in [1.165, 1.54) is 25.2 Å². The Morgan fingerprint density at radius 2 is 1.61 bits per heavy atom. The molecule has 0 aliphatic heterocycles. The molecule has 0 fully saturated rings. The molecule has 0 radical (unpaired) electrons. The summed E-state index contributed by atoms with van der Waals surface area (Å²) in [5.41, 5.74) is 1.78. The van der Waals surface area contributed by atoms with E-state index in [1.807, 2.05) is 68.4 Å². The van der Waals surface area contributed by atoms with E-state index in [0.29, 0.717) is 5.75 Å². The Bertz CT molecular complexity index is 1450. The van der Waals surface area contributed by atoms with Crippen LogP contribution in [0.4, 0.5) is 5.69 Å². The van der Waals surface area contributed by atoms with Crippen LogP contribution in [0.25, 0.3) is 0 Å².